The number of sulfonamides is 1. The third-order valence-electron chi connectivity index (χ3n) is 3.14. The van der Waals surface area contributed by atoms with E-state index in [0.29, 0.717) is 0 Å². The predicted octanol–water partition coefficient (Wildman–Crippen LogP) is 0.348. The summed E-state index contributed by atoms with van der Waals surface area (Å²) in [6.07, 6.45) is 6.30. The Labute approximate surface area is 101 Å². The summed E-state index contributed by atoms with van der Waals surface area (Å²) in [5.41, 5.74) is 5.99. The summed E-state index contributed by atoms with van der Waals surface area (Å²) in [7, 11) is -3.51. The maximum atomic E-state index is 12.0. The third kappa shape index (κ3) is 3.05. The molecule has 6 nitrogen and oxygen atoms in total. The molecule has 1 heterocycles. The lowest BCUT2D eigenvalue weighted by molar-refractivity contribution is 0.455. The van der Waals surface area contributed by atoms with E-state index in [1.165, 1.54) is 12.3 Å². The van der Waals surface area contributed by atoms with E-state index in [1.54, 1.807) is 0 Å². The van der Waals surface area contributed by atoms with E-state index in [1.807, 2.05) is 0 Å². The van der Waals surface area contributed by atoms with Crippen LogP contribution in [0.1, 0.15) is 32.1 Å². The molecule has 0 spiro atoms. The first-order chi connectivity index (χ1) is 8.09. The van der Waals surface area contributed by atoms with Crippen molar-refractivity contribution in [3.8, 4) is 0 Å². The Morgan fingerprint density at radius 1 is 1.35 bits per heavy atom. The highest BCUT2D eigenvalue weighted by Crippen LogP contribution is 2.18. The largest absolute Gasteiger partial charge is 0.326 e. The molecule has 1 saturated carbocycles. The highest BCUT2D eigenvalue weighted by Gasteiger charge is 2.26. The van der Waals surface area contributed by atoms with E-state index in [0.717, 1.165) is 32.1 Å². The maximum absolute atomic E-state index is 12.0. The Bertz CT molecular complexity index is 443. The quantitative estimate of drug-likeness (QED) is 0.681. The minimum Gasteiger partial charge on any atom is -0.326 e. The Morgan fingerprint density at radius 2 is 2.12 bits per heavy atom. The zero-order valence-electron chi connectivity index (χ0n) is 9.59. The molecule has 1 fully saturated rings. The van der Waals surface area contributed by atoms with Gasteiger partial charge in [-0.1, -0.05) is 19.3 Å². The van der Waals surface area contributed by atoms with Gasteiger partial charge in [0.05, 0.1) is 6.20 Å². The van der Waals surface area contributed by atoms with E-state index in [2.05, 4.69) is 14.9 Å². The molecule has 96 valence electrons. The van der Waals surface area contributed by atoms with Crippen molar-refractivity contribution in [2.75, 3.05) is 0 Å². The molecule has 0 bridgehead atoms. The smallest absolute Gasteiger partial charge is 0.257 e. The molecule has 1 aromatic rings. The first-order valence-electron chi connectivity index (χ1n) is 5.87. The maximum Gasteiger partial charge on any atom is 0.257 e. The lowest BCUT2D eigenvalue weighted by Gasteiger charge is -2.21. The number of hydrogen-bond donors (Lipinski definition) is 3. The van der Waals surface area contributed by atoms with Crippen molar-refractivity contribution in [3.63, 3.8) is 0 Å². The lowest BCUT2D eigenvalue weighted by Crippen LogP contribution is -2.46. The van der Waals surface area contributed by atoms with Gasteiger partial charge in [0, 0.05) is 12.1 Å². The monoisotopic (exact) mass is 258 g/mol. The van der Waals surface area contributed by atoms with Crippen LogP contribution in [0.4, 0.5) is 0 Å². The lowest BCUT2D eigenvalue weighted by atomic mass is 10.1. The Balaban J connectivity index is 2.09. The van der Waals surface area contributed by atoms with Crippen LogP contribution in [0.15, 0.2) is 17.3 Å². The van der Waals surface area contributed by atoms with Gasteiger partial charge in [-0.3, -0.25) is 5.10 Å². The van der Waals surface area contributed by atoms with E-state index in [4.69, 9.17) is 5.73 Å². The van der Waals surface area contributed by atoms with Crippen molar-refractivity contribution in [3.05, 3.63) is 12.3 Å². The van der Waals surface area contributed by atoms with Crippen LogP contribution in [-0.4, -0.2) is 30.7 Å². The molecule has 0 saturated heterocycles. The summed E-state index contributed by atoms with van der Waals surface area (Å²) < 4.78 is 26.6. The molecule has 0 radical (unpaired) electrons. The van der Waals surface area contributed by atoms with Gasteiger partial charge in [0.15, 0.2) is 5.03 Å². The van der Waals surface area contributed by atoms with Gasteiger partial charge in [0.1, 0.15) is 0 Å². The molecular weight excluding hydrogens is 240 g/mol. The van der Waals surface area contributed by atoms with Crippen molar-refractivity contribution in [2.24, 2.45) is 5.73 Å². The van der Waals surface area contributed by atoms with Crippen molar-refractivity contribution >= 4 is 10.0 Å². The van der Waals surface area contributed by atoms with Crippen LogP contribution in [0.5, 0.6) is 0 Å². The fraction of sp³-hybridized carbons (Fsp3) is 0.700. The molecular formula is C10H18N4O2S. The zero-order chi connectivity index (χ0) is 12.3. The highest BCUT2D eigenvalue weighted by atomic mass is 32.2. The minimum atomic E-state index is -3.51. The molecule has 1 aliphatic rings. The second-order valence-corrected chi connectivity index (χ2v) is 6.13. The number of aromatic amines is 1. The molecule has 7 heteroatoms. The first kappa shape index (κ1) is 12.5. The molecule has 0 aromatic carbocycles. The number of H-pyrrole nitrogens is 1. The van der Waals surface area contributed by atoms with Gasteiger partial charge >= 0.3 is 0 Å². The van der Waals surface area contributed by atoms with Crippen molar-refractivity contribution < 1.29 is 8.42 Å². The summed E-state index contributed by atoms with van der Waals surface area (Å²) in [5, 5.41) is 6.19. The molecule has 4 N–H and O–H groups in total. The summed E-state index contributed by atoms with van der Waals surface area (Å²) >= 11 is 0. The normalized spacial score (nSPS) is 26.6. The number of rotatable bonds is 3. The minimum absolute atomic E-state index is 0.0916. The van der Waals surface area contributed by atoms with Crippen LogP contribution in [0.25, 0.3) is 0 Å². The Morgan fingerprint density at radius 3 is 2.82 bits per heavy atom. The number of nitrogens with zero attached hydrogens (tertiary/aromatic N) is 1. The average Bonchev–Trinajstić information content (AvgIpc) is 2.74. The van der Waals surface area contributed by atoms with E-state index >= 15 is 0 Å². The van der Waals surface area contributed by atoms with Gasteiger partial charge in [0.2, 0.25) is 0 Å². The van der Waals surface area contributed by atoms with Crippen molar-refractivity contribution in [2.45, 2.75) is 49.2 Å². The SMILES string of the molecule is NC1CCCCCC1NS(=O)(=O)c1ccn[nH]1. The van der Waals surface area contributed by atoms with E-state index in [-0.39, 0.29) is 17.1 Å². The number of hydrogen-bond acceptors (Lipinski definition) is 4. The van der Waals surface area contributed by atoms with Crippen LogP contribution in [0, 0.1) is 0 Å². The van der Waals surface area contributed by atoms with Gasteiger partial charge in [-0.25, -0.2) is 13.1 Å². The molecule has 1 aromatic heterocycles. The highest BCUT2D eigenvalue weighted by molar-refractivity contribution is 7.89. The Hall–Kier alpha value is -0.920. The second kappa shape index (κ2) is 5.16. The molecule has 2 unspecified atom stereocenters. The summed E-state index contributed by atoms with van der Waals surface area (Å²) in [6.45, 7) is 0. The molecule has 2 atom stereocenters. The molecule has 0 aliphatic heterocycles. The standard InChI is InChI=1S/C10H18N4O2S/c11-8-4-2-1-3-5-9(8)14-17(15,16)10-6-7-12-13-10/h6-9,14H,1-5,11H2,(H,12,13). The fourth-order valence-corrected chi connectivity index (χ4v) is 3.37. The van der Waals surface area contributed by atoms with Crippen LogP contribution in [-0.2, 0) is 10.0 Å². The molecule has 1 aliphatic carbocycles. The molecule has 0 amide bonds. The van der Waals surface area contributed by atoms with Crippen LogP contribution in [0.3, 0.4) is 0 Å². The zero-order valence-corrected chi connectivity index (χ0v) is 10.4. The number of aromatic nitrogens is 2. The van der Waals surface area contributed by atoms with Gasteiger partial charge in [-0.15, -0.1) is 0 Å². The van der Waals surface area contributed by atoms with Gasteiger partial charge in [0.25, 0.3) is 10.0 Å². The van der Waals surface area contributed by atoms with E-state index < -0.39 is 10.0 Å². The van der Waals surface area contributed by atoms with E-state index in [9.17, 15) is 8.42 Å². The number of nitrogens with two attached hydrogens (primary N) is 1. The predicted molar refractivity (Wildman–Crippen MR) is 63.8 cm³/mol. The molecule has 2 rings (SSSR count). The first-order valence-corrected chi connectivity index (χ1v) is 7.35. The second-order valence-electron chi connectivity index (χ2n) is 4.45. The van der Waals surface area contributed by atoms with Crippen LogP contribution < -0.4 is 10.5 Å². The third-order valence-corrected chi connectivity index (χ3v) is 4.56. The Kier molecular flexibility index (Phi) is 3.80. The number of nitrogens with one attached hydrogen (secondary N) is 2. The molecule has 17 heavy (non-hydrogen) atoms. The topological polar surface area (TPSA) is 101 Å². The van der Waals surface area contributed by atoms with Crippen molar-refractivity contribution in [1.82, 2.24) is 14.9 Å². The van der Waals surface area contributed by atoms with Gasteiger partial charge in [-0.05, 0) is 18.9 Å². The summed E-state index contributed by atoms with van der Waals surface area (Å²) in [5.74, 6) is 0. The van der Waals surface area contributed by atoms with Gasteiger partial charge < -0.3 is 5.73 Å². The van der Waals surface area contributed by atoms with Crippen LogP contribution >= 0.6 is 0 Å². The fourth-order valence-electron chi connectivity index (χ4n) is 2.14. The summed E-state index contributed by atoms with van der Waals surface area (Å²) in [6, 6.07) is 1.16. The summed E-state index contributed by atoms with van der Waals surface area (Å²) in [4.78, 5) is 0. The van der Waals surface area contributed by atoms with Crippen molar-refractivity contribution in [1.29, 1.82) is 0 Å². The van der Waals surface area contributed by atoms with Crippen LogP contribution in [0.2, 0.25) is 0 Å². The average molecular weight is 258 g/mol. The van der Waals surface area contributed by atoms with Gasteiger partial charge in [-0.2, -0.15) is 5.10 Å².